The van der Waals surface area contributed by atoms with E-state index in [1.54, 1.807) is 0 Å². The molecule has 0 radical (unpaired) electrons. The Balaban J connectivity index is 1.95. The van der Waals surface area contributed by atoms with Crippen molar-refractivity contribution in [3.05, 3.63) is 42.2 Å². The van der Waals surface area contributed by atoms with Crippen molar-refractivity contribution in [2.24, 2.45) is 5.92 Å². The topological polar surface area (TPSA) is 28.2 Å². The Kier molecular flexibility index (Phi) is 4.22. The molecule has 112 valence electrons. The number of aromatic nitrogens is 1. The van der Waals surface area contributed by atoms with Crippen LogP contribution in [0.15, 0.2) is 36.7 Å². The van der Waals surface area contributed by atoms with Gasteiger partial charge in [0.25, 0.3) is 0 Å². The van der Waals surface area contributed by atoms with Crippen LogP contribution in [0.4, 0.5) is 0 Å². The molecule has 3 nitrogen and oxygen atoms in total. The Labute approximate surface area is 127 Å². The summed E-state index contributed by atoms with van der Waals surface area (Å²) in [7, 11) is 2.24. The third-order valence-corrected chi connectivity index (χ3v) is 4.58. The molecule has 1 aliphatic heterocycles. The molecular formula is C18H25N3. The van der Waals surface area contributed by atoms with E-state index in [1.807, 2.05) is 6.20 Å². The lowest BCUT2D eigenvalue weighted by atomic mass is 9.91. The van der Waals surface area contributed by atoms with E-state index >= 15 is 0 Å². The van der Waals surface area contributed by atoms with Crippen LogP contribution in [0.2, 0.25) is 0 Å². The van der Waals surface area contributed by atoms with Gasteiger partial charge in [-0.25, -0.2) is 0 Å². The van der Waals surface area contributed by atoms with Crippen LogP contribution in [0.1, 0.15) is 31.9 Å². The summed E-state index contributed by atoms with van der Waals surface area (Å²) in [6.07, 6.45) is 5.29. The zero-order valence-corrected chi connectivity index (χ0v) is 13.2. The van der Waals surface area contributed by atoms with Gasteiger partial charge < -0.3 is 5.32 Å². The quantitative estimate of drug-likeness (QED) is 0.934. The van der Waals surface area contributed by atoms with E-state index in [1.165, 1.54) is 29.3 Å². The first-order chi connectivity index (χ1) is 10.2. The summed E-state index contributed by atoms with van der Waals surface area (Å²) in [5.74, 6) is 0.657. The Morgan fingerprint density at radius 3 is 2.90 bits per heavy atom. The predicted molar refractivity (Wildman–Crippen MR) is 88.4 cm³/mol. The summed E-state index contributed by atoms with van der Waals surface area (Å²) in [5, 5.41) is 6.20. The number of hydrogen-bond donors (Lipinski definition) is 1. The zero-order chi connectivity index (χ0) is 14.8. The van der Waals surface area contributed by atoms with Gasteiger partial charge in [-0.3, -0.25) is 9.88 Å². The summed E-state index contributed by atoms with van der Waals surface area (Å²) in [4.78, 5) is 6.96. The van der Waals surface area contributed by atoms with Gasteiger partial charge in [0, 0.05) is 36.4 Å². The van der Waals surface area contributed by atoms with E-state index in [9.17, 15) is 0 Å². The third-order valence-electron chi connectivity index (χ3n) is 4.58. The van der Waals surface area contributed by atoms with Crippen molar-refractivity contribution in [1.29, 1.82) is 0 Å². The highest BCUT2D eigenvalue weighted by Crippen LogP contribution is 2.38. The molecule has 2 heterocycles. The Morgan fingerprint density at radius 2 is 2.10 bits per heavy atom. The molecule has 1 aliphatic rings. The number of rotatable bonds is 4. The standard InChI is InChI=1S/C18H25N3/c1-13(2)20-11-15-8-9-21(3)18(15)17-12-19-10-14-6-4-5-7-16(14)17/h4-7,10,12-13,15,18,20H,8-9,11H2,1-3H3. The second kappa shape index (κ2) is 6.12. The van der Waals surface area contributed by atoms with Gasteiger partial charge in [-0.1, -0.05) is 38.1 Å². The van der Waals surface area contributed by atoms with Crippen molar-refractivity contribution in [2.75, 3.05) is 20.1 Å². The molecule has 0 spiro atoms. The maximum Gasteiger partial charge on any atom is 0.0407 e. The van der Waals surface area contributed by atoms with Crippen molar-refractivity contribution < 1.29 is 0 Å². The minimum absolute atomic E-state index is 0.467. The molecule has 2 atom stereocenters. The molecule has 3 rings (SSSR count). The maximum atomic E-state index is 4.47. The van der Waals surface area contributed by atoms with E-state index in [0.29, 0.717) is 18.0 Å². The number of nitrogens with one attached hydrogen (secondary N) is 1. The first kappa shape index (κ1) is 14.5. The van der Waals surface area contributed by atoms with Crippen LogP contribution < -0.4 is 5.32 Å². The second-order valence-corrected chi connectivity index (χ2v) is 6.49. The SMILES string of the molecule is CC(C)NCC1CCN(C)C1c1cncc2ccccc12. The predicted octanol–water partition coefficient (Wildman–Crippen LogP) is 3.23. The molecular weight excluding hydrogens is 258 g/mol. The normalized spacial score (nSPS) is 23.2. The summed E-state index contributed by atoms with van der Waals surface area (Å²) in [6, 6.07) is 9.61. The number of likely N-dealkylation sites (tertiary alicyclic amines) is 1. The van der Waals surface area contributed by atoms with E-state index < -0.39 is 0 Å². The summed E-state index contributed by atoms with van der Waals surface area (Å²) in [5.41, 5.74) is 1.38. The van der Waals surface area contributed by atoms with E-state index in [-0.39, 0.29) is 0 Å². The smallest absolute Gasteiger partial charge is 0.0407 e. The van der Waals surface area contributed by atoms with Gasteiger partial charge in [-0.05, 0) is 36.9 Å². The highest BCUT2D eigenvalue weighted by molar-refractivity contribution is 5.85. The molecule has 2 unspecified atom stereocenters. The largest absolute Gasteiger partial charge is 0.314 e. The molecule has 1 fully saturated rings. The van der Waals surface area contributed by atoms with Crippen LogP contribution in [0.5, 0.6) is 0 Å². The Morgan fingerprint density at radius 1 is 1.29 bits per heavy atom. The van der Waals surface area contributed by atoms with Gasteiger partial charge in [0.2, 0.25) is 0 Å². The first-order valence-electron chi connectivity index (χ1n) is 7.93. The Bertz CT molecular complexity index is 603. The fourth-order valence-electron chi connectivity index (χ4n) is 3.49. The molecule has 1 aromatic heterocycles. The molecule has 1 saturated heterocycles. The molecule has 21 heavy (non-hydrogen) atoms. The molecule has 1 aromatic carbocycles. The molecule has 1 N–H and O–H groups in total. The number of hydrogen-bond acceptors (Lipinski definition) is 3. The lowest BCUT2D eigenvalue weighted by Crippen LogP contribution is -2.32. The molecule has 0 aliphatic carbocycles. The van der Waals surface area contributed by atoms with Crippen molar-refractivity contribution >= 4 is 10.8 Å². The van der Waals surface area contributed by atoms with Gasteiger partial charge >= 0.3 is 0 Å². The van der Waals surface area contributed by atoms with Gasteiger partial charge in [-0.15, -0.1) is 0 Å². The molecule has 3 heteroatoms. The van der Waals surface area contributed by atoms with Crippen LogP contribution >= 0.6 is 0 Å². The van der Waals surface area contributed by atoms with Crippen LogP contribution in [0, 0.1) is 5.92 Å². The van der Waals surface area contributed by atoms with Crippen molar-refractivity contribution in [2.45, 2.75) is 32.4 Å². The van der Waals surface area contributed by atoms with Crippen LogP contribution in [-0.4, -0.2) is 36.1 Å². The van der Waals surface area contributed by atoms with Gasteiger partial charge in [0.05, 0.1) is 0 Å². The average molecular weight is 283 g/mol. The van der Waals surface area contributed by atoms with Gasteiger partial charge in [-0.2, -0.15) is 0 Å². The number of nitrogens with zero attached hydrogens (tertiary/aromatic N) is 2. The maximum absolute atomic E-state index is 4.47. The minimum Gasteiger partial charge on any atom is -0.314 e. The van der Waals surface area contributed by atoms with Crippen molar-refractivity contribution in [1.82, 2.24) is 15.2 Å². The Hall–Kier alpha value is -1.45. The molecule has 2 aromatic rings. The number of pyridine rings is 1. The zero-order valence-electron chi connectivity index (χ0n) is 13.2. The number of fused-ring (bicyclic) bond motifs is 1. The second-order valence-electron chi connectivity index (χ2n) is 6.49. The summed E-state index contributed by atoms with van der Waals surface area (Å²) in [6.45, 7) is 6.68. The first-order valence-corrected chi connectivity index (χ1v) is 7.93. The third kappa shape index (κ3) is 2.94. The molecule has 0 saturated carbocycles. The van der Waals surface area contributed by atoms with Crippen molar-refractivity contribution in [3.63, 3.8) is 0 Å². The fourth-order valence-corrected chi connectivity index (χ4v) is 3.49. The number of benzene rings is 1. The minimum atomic E-state index is 0.467. The highest BCUT2D eigenvalue weighted by Gasteiger charge is 2.33. The van der Waals surface area contributed by atoms with Crippen molar-refractivity contribution in [3.8, 4) is 0 Å². The van der Waals surface area contributed by atoms with Crippen LogP contribution in [-0.2, 0) is 0 Å². The fraction of sp³-hybridized carbons (Fsp3) is 0.500. The van der Waals surface area contributed by atoms with Gasteiger partial charge in [0.15, 0.2) is 0 Å². The van der Waals surface area contributed by atoms with E-state index in [2.05, 4.69) is 66.6 Å². The van der Waals surface area contributed by atoms with Crippen LogP contribution in [0.25, 0.3) is 10.8 Å². The monoisotopic (exact) mass is 283 g/mol. The summed E-state index contributed by atoms with van der Waals surface area (Å²) < 4.78 is 0. The lowest BCUT2D eigenvalue weighted by Gasteiger charge is -2.27. The summed E-state index contributed by atoms with van der Waals surface area (Å²) >= 11 is 0. The van der Waals surface area contributed by atoms with Crippen LogP contribution in [0.3, 0.4) is 0 Å². The van der Waals surface area contributed by atoms with E-state index in [0.717, 1.165) is 6.54 Å². The van der Waals surface area contributed by atoms with Gasteiger partial charge in [0.1, 0.15) is 0 Å². The lowest BCUT2D eigenvalue weighted by molar-refractivity contribution is 0.270. The molecule has 0 bridgehead atoms. The highest BCUT2D eigenvalue weighted by atomic mass is 15.2. The average Bonchev–Trinajstić information content (AvgIpc) is 2.85. The molecule has 0 amide bonds. The van der Waals surface area contributed by atoms with E-state index in [4.69, 9.17) is 0 Å².